The lowest BCUT2D eigenvalue weighted by molar-refractivity contribution is -0.148. The van der Waals surface area contributed by atoms with Crippen LogP contribution >= 0.6 is 0 Å². The Morgan fingerprint density at radius 2 is 1.55 bits per heavy atom. The van der Waals surface area contributed by atoms with Crippen LogP contribution in [0.3, 0.4) is 0 Å². The average molecular weight is 414 g/mol. The van der Waals surface area contributed by atoms with Gasteiger partial charge in [-0.1, -0.05) is 72.8 Å². The van der Waals surface area contributed by atoms with Crippen molar-refractivity contribution >= 4 is 22.8 Å². The zero-order chi connectivity index (χ0) is 21.6. The number of esters is 1. The summed E-state index contributed by atoms with van der Waals surface area (Å²) >= 11 is 0. The predicted molar refractivity (Wildman–Crippen MR) is 117 cm³/mol. The first kappa shape index (κ1) is 20.3. The summed E-state index contributed by atoms with van der Waals surface area (Å²) < 4.78 is 7.15. The van der Waals surface area contributed by atoms with E-state index in [2.05, 4.69) is 24.3 Å². The van der Waals surface area contributed by atoms with Crippen LogP contribution in [-0.2, 0) is 27.5 Å². The van der Waals surface area contributed by atoms with Crippen LogP contribution in [0.4, 0.5) is 0 Å². The first-order chi connectivity index (χ1) is 15.1. The number of carboxylic acids is 1. The molecule has 6 nitrogen and oxygen atoms in total. The standard InChI is InChI=1S/C25H22N2O4/c28-23(29)14-15-24(30)31-17-19-10-12-20(13-11-19)25-21-8-4-5-9-22(21)27(26-25)16-18-6-2-1-3-7-18/h1-13H,14-17H2,(H,28,29). The van der Waals surface area contributed by atoms with E-state index in [-0.39, 0.29) is 19.4 Å². The highest BCUT2D eigenvalue weighted by Gasteiger charge is 2.13. The van der Waals surface area contributed by atoms with Gasteiger partial charge in [0.05, 0.1) is 24.9 Å². The number of nitrogens with zero attached hydrogens (tertiary/aromatic N) is 2. The molecule has 4 aromatic rings. The van der Waals surface area contributed by atoms with Crippen molar-refractivity contribution in [3.05, 3.63) is 90.0 Å². The summed E-state index contributed by atoms with van der Waals surface area (Å²) in [5.74, 6) is -1.53. The number of aliphatic carboxylic acids is 1. The van der Waals surface area contributed by atoms with Crippen LogP contribution in [-0.4, -0.2) is 26.8 Å². The SMILES string of the molecule is O=C(O)CCC(=O)OCc1ccc(-c2nn(Cc3ccccc3)c3ccccc23)cc1. The van der Waals surface area contributed by atoms with Gasteiger partial charge in [0.25, 0.3) is 0 Å². The van der Waals surface area contributed by atoms with Crippen molar-refractivity contribution in [1.29, 1.82) is 0 Å². The maximum Gasteiger partial charge on any atom is 0.306 e. The molecule has 0 fully saturated rings. The maximum absolute atomic E-state index is 11.6. The number of carbonyl (C=O) groups excluding carboxylic acids is 1. The Morgan fingerprint density at radius 3 is 2.29 bits per heavy atom. The first-order valence-electron chi connectivity index (χ1n) is 10.1. The summed E-state index contributed by atoms with van der Waals surface area (Å²) in [4.78, 5) is 22.1. The Kier molecular flexibility index (Phi) is 6.08. The van der Waals surface area contributed by atoms with Crippen LogP contribution in [0.2, 0.25) is 0 Å². The van der Waals surface area contributed by atoms with E-state index in [1.54, 1.807) is 0 Å². The molecule has 0 aliphatic heterocycles. The van der Waals surface area contributed by atoms with Crippen molar-refractivity contribution in [2.24, 2.45) is 0 Å². The zero-order valence-electron chi connectivity index (χ0n) is 16.9. The molecule has 0 radical (unpaired) electrons. The number of hydrogen-bond donors (Lipinski definition) is 1. The van der Waals surface area contributed by atoms with E-state index in [4.69, 9.17) is 14.9 Å². The molecule has 1 N–H and O–H groups in total. The van der Waals surface area contributed by atoms with Crippen molar-refractivity contribution in [1.82, 2.24) is 9.78 Å². The lowest BCUT2D eigenvalue weighted by atomic mass is 10.1. The Balaban J connectivity index is 1.52. The lowest BCUT2D eigenvalue weighted by Crippen LogP contribution is -2.07. The fourth-order valence-electron chi connectivity index (χ4n) is 3.42. The molecule has 3 aromatic carbocycles. The Morgan fingerprint density at radius 1 is 0.839 bits per heavy atom. The van der Waals surface area contributed by atoms with Gasteiger partial charge in [-0.15, -0.1) is 0 Å². The molecule has 0 spiro atoms. The fraction of sp³-hybridized carbons (Fsp3) is 0.160. The van der Waals surface area contributed by atoms with Crippen molar-refractivity contribution in [2.75, 3.05) is 0 Å². The van der Waals surface area contributed by atoms with Gasteiger partial charge in [0.2, 0.25) is 0 Å². The number of para-hydroxylation sites is 1. The quantitative estimate of drug-likeness (QED) is 0.424. The van der Waals surface area contributed by atoms with Gasteiger partial charge >= 0.3 is 11.9 Å². The second-order valence-corrected chi connectivity index (χ2v) is 7.26. The van der Waals surface area contributed by atoms with Gasteiger partial charge in [-0.05, 0) is 17.2 Å². The highest BCUT2D eigenvalue weighted by molar-refractivity contribution is 5.93. The van der Waals surface area contributed by atoms with Gasteiger partial charge in [0.15, 0.2) is 0 Å². The van der Waals surface area contributed by atoms with Crippen LogP contribution in [0.15, 0.2) is 78.9 Å². The number of ether oxygens (including phenoxy) is 1. The van der Waals surface area contributed by atoms with Gasteiger partial charge in [0.1, 0.15) is 12.3 Å². The fourth-order valence-corrected chi connectivity index (χ4v) is 3.42. The summed E-state index contributed by atoms with van der Waals surface area (Å²) in [7, 11) is 0. The zero-order valence-corrected chi connectivity index (χ0v) is 16.9. The van der Waals surface area contributed by atoms with Gasteiger partial charge < -0.3 is 9.84 Å². The van der Waals surface area contributed by atoms with E-state index in [9.17, 15) is 9.59 Å². The molecule has 0 aliphatic rings. The molecule has 0 aliphatic carbocycles. The molecule has 0 unspecified atom stereocenters. The second kappa shape index (κ2) is 9.26. The number of benzene rings is 3. The highest BCUT2D eigenvalue weighted by atomic mass is 16.5. The molecule has 31 heavy (non-hydrogen) atoms. The summed E-state index contributed by atoms with van der Waals surface area (Å²) in [6, 6.07) is 26.1. The topological polar surface area (TPSA) is 81.4 Å². The number of fused-ring (bicyclic) bond motifs is 1. The molecule has 4 rings (SSSR count). The van der Waals surface area contributed by atoms with Crippen LogP contribution in [0.5, 0.6) is 0 Å². The first-order valence-corrected chi connectivity index (χ1v) is 10.1. The van der Waals surface area contributed by atoms with E-state index < -0.39 is 11.9 Å². The van der Waals surface area contributed by atoms with Gasteiger partial charge in [-0.25, -0.2) is 0 Å². The van der Waals surface area contributed by atoms with Crippen molar-refractivity contribution < 1.29 is 19.4 Å². The van der Waals surface area contributed by atoms with E-state index in [1.807, 2.05) is 59.3 Å². The monoisotopic (exact) mass is 414 g/mol. The molecule has 0 saturated carbocycles. The van der Waals surface area contributed by atoms with Crippen molar-refractivity contribution in [3.63, 3.8) is 0 Å². The minimum absolute atomic E-state index is 0.113. The summed E-state index contributed by atoms with van der Waals surface area (Å²) in [6.07, 6.45) is -0.352. The summed E-state index contributed by atoms with van der Waals surface area (Å²) in [5.41, 5.74) is 4.96. The number of aromatic nitrogens is 2. The largest absolute Gasteiger partial charge is 0.481 e. The molecule has 156 valence electrons. The molecular formula is C25H22N2O4. The van der Waals surface area contributed by atoms with E-state index >= 15 is 0 Å². The molecule has 1 heterocycles. The number of hydrogen-bond acceptors (Lipinski definition) is 4. The minimum Gasteiger partial charge on any atom is -0.481 e. The number of carboxylic acid groups (broad SMARTS) is 1. The summed E-state index contributed by atoms with van der Waals surface area (Å²) in [5, 5.41) is 14.6. The minimum atomic E-state index is -1.01. The number of carbonyl (C=O) groups is 2. The molecule has 6 heteroatoms. The van der Waals surface area contributed by atoms with E-state index in [1.165, 1.54) is 5.56 Å². The highest BCUT2D eigenvalue weighted by Crippen LogP contribution is 2.28. The van der Waals surface area contributed by atoms with E-state index in [0.29, 0.717) is 6.54 Å². The molecule has 1 aromatic heterocycles. The average Bonchev–Trinajstić information content (AvgIpc) is 3.16. The third kappa shape index (κ3) is 4.98. The van der Waals surface area contributed by atoms with Crippen LogP contribution in [0.1, 0.15) is 24.0 Å². The molecule has 0 atom stereocenters. The van der Waals surface area contributed by atoms with Crippen molar-refractivity contribution in [2.45, 2.75) is 26.0 Å². The molecule has 0 amide bonds. The third-order valence-corrected chi connectivity index (χ3v) is 5.00. The third-order valence-electron chi connectivity index (χ3n) is 5.00. The van der Waals surface area contributed by atoms with E-state index in [0.717, 1.165) is 27.7 Å². The smallest absolute Gasteiger partial charge is 0.306 e. The van der Waals surface area contributed by atoms with Gasteiger partial charge in [-0.2, -0.15) is 5.10 Å². The van der Waals surface area contributed by atoms with Gasteiger partial charge in [-0.3, -0.25) is 14.3 Å². The lowest BCUT2D eigenvalue weighted by Gasteiger charge is -2.05. The van der Waals surface area contributed by atoms with Crippen LogP contribution < -0.4 is 0 Å². The number of rotatable bonds is 8. The molecule has 0 bridgehead atoms. The predicted octanol–water partition coefficient (Wildman–Crippen LogP) is 4.66. The Labute approximate surface area is 179 Å². The molecule has 0 saturated heterocycles. The summed E-state index contributed by atoms with van der Waals surface area (Å²) in [6.45, 7) is 0.799. The molecular weight excluding hydrogens is 392 g/mol. The van der Waals surface area contributed by atoms with Crippen LogP contribution in [0, 0.1) is 0 Å². The van der Waals surface area contributed by atoms with Crippen LogP contribution in [0.25, 0.3) is 22.2 Å². The normalized spacial score (nSPS) is 10.8. The maximum atomic E-state index is 11.6. The van der Waals surface area contributed by atoms with Crippen molar-refractivity contribution in [3.8, 4) is 11.3 Å². The second-order valence-electron chi connectivity index (χ2n) is 7.26. The Bertz CT molecular complexity index is 1200. The Hall–Kier alpha value is -3.93. The van der Waals surface area contributed by atoms with Gasteiger partial charge in [0, 0.05) is 10.9 Å².